The summed E-state index contributed by atoms with van der Waals surface area (Å²) in [6, 6.07) is 15.9. The number of carbonyl (C=O) groups excluding carboxylic acids is 1. The van der Waals surface area contributed by atoms with Gasteiger partial charge in [0.25, 0.3) is 15.9 Å². The van der Waals surface area contributed by atoms with Crippen LogP contribution < -0.4 is 10.0 Å². The van der Waals surface area contributed by atoms with E-state index in [0.717, 1.165) is 11.1 Å². The van der Waals surface area contributed by atoms with Crippen molar-refractivity contribution in [2.75, 3.05) is 5.32 Å². The fourth-order valence-electron chi connectivity index (χ4n) is 3.33. The molecule has 0 aliphatic heterocycles. The standard InChI is InChI=1S/C23H24N4O4S/c1-15-9-8-14-27-20(15)24-19(16-10-6-5-7-11-16)21(27)25-22(28)17-12-13-18(31-17)32(29,30)26-23(2,3)4/h5-14,26H,1-4H3,(H,25,28). The maximum atomic E-state index is 13.0. The Bertz CT molecular complexity index is 1400. The molecule has 3 heterocycles. The van der Waals surface area contributed by atoms with Gasteiger partial charge in [-0.15, -0.1) is 0 Å². The highest BCUT2D eigenvalue weighted by Gasteiger charge is 2.27. The number of anilines is 1. The van der Waals surface area contributed by atoms with E-state index in [4.69, 9.17) is 9.40 Å². The van der Waals surface area contributed by atoms with Gasteiger partial charge in [-0.3, -0.25) is 9.20 Å². The van der Waals surface area contributed by atoms with Crippen molar-refractivity contribution < 1.29 is 17.6 Å². The first-order chi connectivity index (χ1) is 15.0. The van der Waals surface area contributed by atoms with Crippen LogP contribution >= 0.6 is 0 Å². The first kappa shape index (κ1) is 21.8. The van der Waals surface area contributed by atoms with Crippen LogP contribution in [-0.4, -0.2) is 29.2 Å². The Morgan fingerprint density at radius 3 is 2.44 bits per heavy atom. The fourth-order valence-corrected chi connectivity index (χ4v) is 4.68. The molecule has 0 fully saturated rings. The Hall–Kier alpha value is -3.43. The van der Waals surface area contributed by atoms with E-state index >= 15 is 0 Å². The maximum absolute atomic E-state index is 13.0. The number of rotatable bonds is 5. The van der Waals surface area contributed by atoms with Crippen LogP contribution in [0.15, 0.2) is 70.3 Å². The molecule has 166 valence electrons. The number of carbonyl (C=O) groups is 1. The van der Waals surface area contributed by atoms with Gasteiger partial charge in [-0.1, -0.05) is 36.4 Å². The molecule has 4 aromatic rings. The fraction of sp³-hybridized carbons (Fsp3) is 0.217. The summed E-state index contributed by atoms with van der Waals surface area (Å²) in [4.78, 5) is 17.7. The molecular weight excluding hydrogens is 428 g/mol. The van der Waals surface area contributed by atoms with Gasteiger partial charge in [-0.25, -0.2) is 18.1 Å². The third-order valence-corrected chi connectivity index (χ3v) is 6.27. The van der Waals surface area contributed by atoms with Crippen molar-refractivity contribution in [2.24, 2.45) is 0 Å². The predicted molar refractivity (Wildman–Crippen MR) is 122 cm³/mol. The number of imidazole rings is 1. The van der Waals surface area contributed by atoms with Gasteiger partial charge in [0.15, 0.2) is 5.76 Å². The van der Waals surface area contributed by atoms with E-state index in [2.05, 4.69) is 10.0 Å². The van der Waals surface area contributed by atoms with E-state index in [1.54, 1.807) is 25.2 Å². The predicted octanol–water partition coefficient (Wildman–Crippen LogP) is 4.23. The smallest absolute Gasteiger partial charge is 0.292 e. The van der Waals surface area contributed by atoms with Crippen LogP contribution in [0.25, 0.3) is 16.9 Å². The number of benzene rings is 1. The van der Waals surface area contributed by atoms with E-state index in [0.29, 0.717) is 17.2 Å². The van der Waals surface area contributed by atoms with E-state index in [1.807, 2.05) is 55.6 Å². The maximum Gasteiger partial charge on any atom is 0.292 e. The Kier molecular flexibility index (Phi) is 5.39. The van der Waals surface area contributed by atoms with Crippen molar-refractivity contribution >= 4 is 27.4 Å². The number of amides is 1. The summed E-state index contributed by atoms with van der Waals surface area (Å²) in [5, 5.41) is 2.52. The second-order valence-electron chi connectivity index (χ2n) is 8.49. The van der Waals surface area contributed by atoms with Crippen molar-refractivity contribution in [3.8, 4) is 11.3 Å². The normalized spacial score (nSPS) is 12.2. The van der Waals surface area contributed by atoms with Crippen molar-refractivity contribution in [3.63, 3.8) is 0 Å². The summed E-state index contributed by atoms with van der Waals surface area (Å²) in [6.07, 6.45) is 1.81. The van der Waals surface area contributed by atoms with Gasteiger partial charge < -0.3 is 9.73 Å². The molecule has 2 N–H and O–H groups in total. The molecule has 8 nitrogen and oxygen atoms in total. The van der Waals surface area contributed by atoms with Crippen LogP contribution in [-0.2, 0) is 10.0 Å². The molecule has 0 aliphatic carbocycles. The molecule has 9 heteroatoms. The van der Waals surface area contributed by atoms with Crippen LogP contribution in [0.4, 0.5) is 5.82 Å². The largest absolute Gasteiger partial charge is 0.438 e. The van der Waals surface area contributed by atoms with E-state index in [1.165, 1.54) is 12.1 Å². The Morgan fingerprint density at radius 1 is 1.03 bits per heavy atom. The highest BCUT2D eigenvalue weighted by molar-refractivity contribution is 7.89. The third-order valence-electron chi connectivity index (χ3n) is 4.63. The SMILES string of the molecule is Cc1cccn2c(NC(=O)c3ccc(S(=O)(=O)NC(C)(C)C)o3)c(-c3ccccc3)nc12. The number of hydrogen-bond donors (Lipinski definition) is 2. The molecule has 0 aliphatic rings. The molecule has 1 aromatic carbocycles. The monoisotopic (exact) mass is 452 g/mol. The van der Waals surface area contributed by atoms with E-state index in [9.17, 15) is 13.2 Å². The summed E-state index contributed by atoms with van der Waals surface area (Å²) in [7, 11) is -3.90. The molecular formula is C23H24N4O4S. The number of aromatic nitrogens is 2. The number of nitrogens with zero attached hydrogens (tertiary/aromatic N) is 2. The van der Waals surface area contributed by atoms with Gasteiger partial charge in [-0.05, 0) is 51.5 Å². The van der Waals surface area contributed by atoms with Crippen LogP contribution in [0.3, 0.4) is 0 Å². The Morgan fingerprint density at radius 2 is 1.75 bits per heavy atom. The Labute approximate surface area is 186 Å². The molecule has 3 aromatic heterocycles. The lowest BCUT2D eigenvalue weighted by molar-refractivity contribution is 0.0991. The van der Waals surface area contributed by atoms with Crippen LogP contribution in [0.5, 0.6) is 0 Å². The van der Waals surface area contributed by atoms with Crippen LogP contribution in [0.2, 0.25) is 0 Å². The van der Waals surface area contributed by atoms with E-state index < -0.39 is 21.5 Å². The number of sulfonamides is 1. The number of aryl methyl sites for hydroxylation is 1. The molecule has 0 bridgehead atoms. The van der Waals surface area contributed by atoms with Crippen molar-refractivity contribution in [3.05, 3.63) is 72.1 Å². The summed E-state index contributed by atoms with van der Waals surface area (Å²) < 4.78 is 34.7. The zero-order chi connectivity index (χ0) is 23.1. The quantitative estimate of drug-likeness (QED) is 0.471. The van der Waals surface area contributed by atoms with Gasteiger partial charge in [-0.2, -0.15) is 0 Å². The highest BCUT2D eigenvalue weighted by Crippen LogP contribution is 2.30. The Balaban J connectivity index is 1.71. The average Bonchev–Trinajstić information content (AvgIpc) is 3.34. The topological polar surface area (TPSA) is 106 Å². The van der Waals surface area contributed by atoms with Gasteiger partial charge in [0, 0.05) is 17.3 Å². The number of hydrogen-bond acceptors (Lipinski definition) is 5. The zero-order valence-electron chi connectivity index (χ0n) is 18.2. The summed E-state index contributed by atoms with van der Waals surface area (Å²) >= 11 is 0. The summed E-state index contributed by atoms with van der Waals surface area (Å²) in [5.41, 5.74) is 2.40. The molecule has 1 amide bonds. The van der Waals surface area contributed by atoms with Crippen molar-refractivity contribution in [1.82, 2.24) is 14.1 Å². The molecule has 0 spiro atoms. The van der Waals surface area contributed by atoms with E-state index in [-0.39, 0.29) is 10.9 Å². The summed E-state index contributed by atoms with van der Waals surface area (Å²) in [6.45, 7) is 7.10. The number of fused-ring (bicyclic) bond motifs is 1. The molecule has 0 unspecified atom stereocenters. The van der Waals surface area contributed by atoms with Crippen molar-refractivity contribution in [2.45, 2.75) is 38.3 Å². The first-order valence-corrected chi connectivity index (χ1v) is 11.5. The minimum absolute atomic E-state index is 0.124. The van der Waals surface area contributed by atoms with Crippen molar-refractivity contribution in [1.29, 1.82) is 0 Å². The number of furan rings is 1. The lowest BCUT2D eigenvalue weighted by atomic mass is 10.1. The zero-order valence-corrected chi connectivity index (χ0v) is 19.0. The lowest BCUT2D eigenvalue weighted by Crippen LogP contribution is -2.40. The third kappa shape index (κ3) is 4.30. The average molecular weight is 453 g/mol. The second kappa shape index (κ2) is 7.92. The second-order valence-corrected chi connectivity index (χ2v) is 10.1. The molecule has 0 saturated heterocycles. The number of nitrogens with one attached hydrogen (secondary N) is 2. The molecule has 32 heavy (non-hydrogen) atoms. The molecule has 4 rings (SSSR count). The molecule has 0 saturated carbocycles. The van der Waals surface area contributed by atoms with Crippen LogP contribution in [0.1, 0.15) is 36.9 Å². The van der Waals surface area contributed by atoms with Gasteiger partial charge in [0.2, 0.25) is 5.09 Å². The minimum atomic E-state index is -3.90. The summed E-state index contributed by atoms with van der Waals surface area (Å²) in [5.74, 6) is -0.239. The number of pyridine rings is 1. The van der Waals surface area contributed by atoms with Gasteiger partial charge in [0.05, 0.1) is 0 Å². The van der Waals surface area contributed by atoms with Gasteiger partial charge in [0.1, 0.15) is 17.2 Å². The first-order valence-electron chi connectivity index (χ1n) is 10.0. The van der Waals surface area contributed by atoms with Gasteiger partial charge >= 0.3 is 0 Å². The minimum Gasteiger partial charge on any atom is -0.438 e. The lowest BCUT2D eigenvalue weighted by Gasteiger charge is -2.18. The van der Waals surface area contributed by atoms with Crippen LogP contribution in [0, 0.1) is 6.92 Å². The molecule has 0 radical (unpaired) electrons. The molecule has 0 atom stereocenters. The highest BCUT2D eigenvalue weighted by atomic mass is 32.2.